The van der Waals surface area contributed by atoms with Crippen molar-refractivity contribution < 1.29 is 23.1 Å². The lowest BCUT2D eigenvalue weighted by atomic mass is 10.2. The number of esters is 1. The first-order valence-electron chi connectivity index (χ1n) is 8.35. The maximum Gasteiger partial charge on any atom is 0.351 e. The number of rotatable bonds is 5. The van der Waals surface area contributed by atoms with E-state index in [1.165, 1.54) is 6.92 Å². The second-order valence-electron chi connectivity index (χ2n) is 5.96. The Labute approximate surface area is 164 Å². The zero-order valence-electron chi connectivity index (χ0n) is 15.0. The molecule has 0 bridgehead atoms. The van der Waals surface area contributed by atoms with E-state index in [0.717, 1.165) is 29.0 Å². The van der Waals surface area contributed by atoms with Gasteiger partial charge in [-0.15, -0.1) is 11.3 Å². The number of hydrogen-bond donors (Lipinski definition) is 1. The molecule has 8 heteroatoms. The van der Waals surface area contributed by atoms with Crippen molar-refractivity contribution in [2.45, 2.75) is 20.0 Å². The molecule has 1 heterocycles. The van der Waals surface area contributed by atoms with Gasteiger partial charge in [-0.1, -0.05) is 30.3 Å². The lowest BCUT2D eigenvalue weighted by Crippen LogP contribution is -2.30. The summed E-state index contributed by atoms with van der Waals surface area (Å²) in [6.45, 7) is 3.04. The van der Waals surface area contributed by atoms with Crippen molar-refractivity contribution in [3.63, 3.8) is 0 Å². The Bertz CT molecular complexity index is 1020. The van der Waals surface area contributed by atoms with Crippen LogP contribution in [0.3, 0.4) is 0 Å². The number of carbonyl (C=O) groups is 2. The molecule has 0 fully saturated rings. The van der Waals surface area contributed by atoms with E-state index in [1.807, 2.05) is 30.3 Å². The molecule has 0 radical (unpaired) electrons. The topological polar surface area (TPSA) is 68.3 Å². The van der Waals surface area contributed by atoms with Gasteiger partial charge in [-0.05, 0) is 26.0 Å². The fourth-order valence-electron chi connectivity index (χ4n) is 2.38. The highest BCUT2D eigenvalue weighted by Crippen LogP contribution is 2.28. The van der Waals surface area contributed by atoms with Gasteiger partial charge in [-0.25, -0.2) is 18.6 Å². The van der Waals surface area contributed by atoms with Crippen LogP contribution < -0.4 is 5.32 Å². The number of carbonyl (C=O) groups excluding carboxylic acids is 2. The minimum absolute atomic E-state index is 0.199. The number of thiazole rings is 1. The number of anilines is 1. The van der Waals surface area contributed by atoms with Crippen LogP contribution in [0, 0.1) is 18.6 Å². The Balaban J connectivity index is 1.68. The number of aromatic nitrogens is 1. The molecule has 3 rings (SSSR count). The summed E-state index contributed by atoms with van der Waals surface area (Å²) in [5.41, 5.74) is 1.16. The summed E-state index contributed by atoms with van der Waals surface area (Å²) in [5, 5.41) is 2.93. The van der Waals surface area contributed by atoms with Crippen LogP contribution in [0.25, 0.3) is 10.6 Å². The van der Waals surface area contributed by atoms with Crippen LogP contribution >= 0.6 is 11.3 Å². The van der Waals surface area contributed by atoms with Crippen molar-refractivity contribution in [2.24, 2.45) is 0 Å². The molecule has 1 N–H and O–H groups in total. The second kappa shape index (κ2) is 8.26. The molecule has 0 spiro atoms. The van der Waals surface area contributed by atoms with Crippen molar-refractivity contribution in [2.75, 3.05) is 5.32 Å². The SMILES string of the molecule is Cc1nc(-c2ccccc2)sc1C(=O)OC(C)C(=O)Nc1ccc(F)cc1F. The number of ether oxygens (including phenoxy) is 1. The molecular weight excluding hydrogens is 386 g/mol. The summed E-state index contributed by atoms with van der Waals surface area (Å²) >= 11 is 1.16. The molecule has 144 valence electrons. The van der Waals surface area contributed by atoms with Gasteiger partial charge in [0.25, 0.3) is 5.91 Å². The van der Waals surface area contributed by atoms with E-state index in [9.17, 15) is 18.4 Å². The molecular formula is C20H16F2N2O3S. The molecule has 0 aliphatic carbocycles. The highest BCUT2D eigenvalue weighted by atomic mass is 32.1. The first kappa shape index (κ1) is 19.6. The van der Waals surface area contributed by atoms with E-state index in [-0.39, 0.29) is 10.6 Å². The molecule has 5 nitrogen and oxygen atoms in total. The number of benzene rings is 2. The molecule has 1 atom stereocenters. The van der Waals surface area contributed by atoms with Crippen LogP contribution in [0.2, 0.25) is 0 Å². The van der Waals surface area contributed by atoms with Gasteiger partial charge < -0.3 is 10.1 Å². The standard InChI is InChI=1S/C20H16F2N2O3S/c1-11-17(28-19(23-11)13-6-4-3-5-7-13)20(26)27-12(2)18(25)24-16-9-8-14(21)10-15(16)22/h3-10,12H,1-2H3,(H,24,25). The molecule has 1 unspecified atom stereocenters. The molecule has 28 heavy (non-hydrogen) atoms. The van der Waals surface area contributed by atoms with Crippen molar-refractivity contribution in [3.8, 4) is 10.6 Å². The van der Waals surface area contributed by atoms with Crippen LogP contribution in [-0.2, 0) is 9.53 Å². The number of aryl methyl sites for hydroxylation is 1. The van der Waals surface area contributed by atoms with Crippen molar-refractivity contribution in [1.29, 1.82) is 0 Å². The zero-order valence-corrected chi connectivity index (χ0v) is 15.8. The summed E-state index contributed by atoms with van der Waals surface area (Å²) in [7, 11) is 0. The zero-order chi connectivity index (χ0) is 20.3. The highest BCUT2D eigenvalue weighted by molar-refractivity contribution is 7.17. The Hall–Kier alpha value is -3.13. The largest absolute Gasteiger partial charge is 0.448 e. The van der Waals surface area contributed by atoms with Crippen LogP contribution in [0.1, 0.15) is 22.3 Å². The predicted molar refractivity (Wildman–Crippen MR) is 102 cm³/mol. The molecule has 1 amide bonds. The molecule has 0 aliphatic rings. The number of nitrogens with one attached hydrogen (secondary N) is 1. The van der Waals surface area contributed by atoms with Crippen molar-refractivity contribution in [3.05, 3.63) is 70.7 Å². The fraction of sp³-hybridized carbons (Fsp3) is 0.150. The van der Waals surface area contributed by atoms with Gasteiger partial charge in [0.15, 0.2) is 6.10 Å². The van der Waals surface area contributed by atoms with Gasteiger partial charge in [0.2, 0.25) is 0 Å². The Morgan fingerprint density at radius 2 is 1.86 bits per heavy atom. The monoisotopic (exact) mass is 402 g/mol. The first-order chi connectivity index (χ1) is 13.3. The van der Waals surface area contributed by atoms with Gasteiger partial charge in [0.1, 0.15) is 21.5 Å². The smallest absolute Gasteiger partial charge is 0.351 e. The average molecular weight is 402 g/mol. The highest BCUT2D eigenvalue weighted by Gasteiger charge is 2.23. The lowest BCUT2D eigenvalue weighted by Gasteiger charge is -2.13. The normalized spacial score (nSPS) is 11.7. The van der Waals surface area contributed by atoms with E-state index < -0.39 is 29.6 Å². The number of halogens is 2. The minimum Gasteiger partial charge on any atom is -0.448 e. The second-order valence-corrected chi connectivity index (χ2v) is 6.96. The van der Waals surface area contributed by atoms with Gasteiger partial charge >= 0.3 is 5.97 Å². The van der Waals surface area contributed by atoms with E-state index >= 15 is 0 Å². The summed E-state index contributed by atoms with van der Waals surface area (Å²) in [6.07, 6.45) is -1.18. The molecule has 2 aromatic carbocycles. The molecule has 3 aromatic rings. The van der Waals surface area contributed by atoms with Crippen molar-refractivity contribution in [1.82, 2.24) is 4.98 Å². The fourth-order valence-corrected chi connectivity index (χ4v) is 3.34. The van der Waals surface area contributed by atoms with Gasteiger partial charge in [0, 0.05) is 11.6 Å². The number of hydrogen-bond acceptors (Lipinski definition) is 5. The first-order valence-corrected chi connectivity index (χ1v) is 9.16. The summed E-state index contributed by atoms with van der Waals surface area (Å²) in [5.74, 6) is -3.11. The minimum atomic E-state index is -1.18. The number of amides is 1. The Morgan fingerprint density at radius 3 is 2.54 bits per heavy atom. The lowest BCUT2D eigenvalue weighted by molar-refractivity contribution is -0.123. The Morgan fingerprint density at radius 1 is 1.14 bits per heavy atom. The maximum atomic E-state index is 13.6. The van der Waals surface area contributed by atoms with Crippen LogP contribution in [0.5, 0.6) is 0 Å². The molecule has 0 saturated heterocycles. The predicted octanol–water partition coefficient (Wildman–Crippen LogP) is 4.58. The van der Waals surface area contributed by atoms with Gasteiger partial charge in [-0.2, -0.15) is 0 Å². The quantitative estimate of drug-likeness (QED) is 0.635. The van der Waals surface area contributed by atoms with Crippen LogP contribution in [0.4, 0.5) is 14.5 Å². The summed E-state index contributed by atoms with van der Waals surface area (Å²) in [4.78, 5) is 29.3. The average Bonchev–Trinajstić information content (AvgIpc) is 3.06. The maximum absolute atomic E-state index is 13.6. The molecule has 0 aliphatic heterocycles. The molecule has 0 saturated carbocycles. The van der Waals surface area contributed by atoms with Crippen molar-refractivity contribution >= 4 is 28.9 Å². The third-order valence-electron chi connectivity index (χ3n) is 3.84. The van der Waals surface area contributed by atoms with E-state index in [4.69, 9.17) is 4.74 Å². The summed E-state index contributed by atoms with van der Waals surface area (Å²) in [6, 6.07) is 12.1. The van der Waals surface area contributed by atoms with Crippen LogP contribution in [-0.4, -0.2) is 23.0 Å². The third kappa shape index (κ3) is 4.40. The third-order valence-corrected chi connectivity index (χ3v) is 5.03. The van der Waals surface area contributed by atoms with Crippen LogP contribution in [0.15, 0.2) is 48.5 Å². The van der Waals surface area contributed by atoms with E-state index in [1.54, 1.807) is 6.92 Å². The van der Waals surface area contributed by atoms with E-state index in [0.29, 0.717) is 16.8 Å². The number of nitrogens with zero attached hydrogens (tertiary/aromatic N) is 1. The van der Waals surface area contributed by atoms with Gasteiger partial charge in [0.05, 0.1) is 11.4 Å². The van der Waals surface area contributed by atoms with Gasteiger partial charge in [-0.3, -0.25) is 4.79 Å². The molecule has 1 aromatic heterocycles. The summed E-state index contributed by atoms with van der Waals surface area (Å²) < 4.78 is 31.8. The Kier molecular flexibility index (Phi) is 5.79. The van der Waals surface area contributed by atoms with E-state index in [2.05, 4.69) is 10.3 Å².